The van der Waals surface area contributed by atoms with E-state index in [9.17, 15) is 13.5 Å². The van der Waals surface area contributed by atoms with Crippen LogP contribution in [0.3, 0.4) is 0 Å². The van der Waals surface area contributed by atoms with Gasteiger partial charge in [-0.2, -0.15) is 0 Å². The number of rotatable bonds is 6. The van der Waals surface area contributed by atoms with Gasteiger partial charge >= 0.3 is 0 Å². The van der Waals surface area contributed by atoms with Gasteiger partial charge in [-0.15, -0.1) is 0 Å². The van der Waals surface area contributed by atoms with E-state index in [1.807, 2.05) is 13.0 Å². The topological polar surface area (TPSA) is 71.3 Å². The predicted molar refractivity (Wildman–Crippen MR) is 90.6 cm³/mol. The third-order valence-electron chi connectivity index (χ3n) is 2.97. The van der Waals surface area contributed by atoms with Crippen molar-refractivity contribution in [1.82, 2.24) is 4.57 Å². The molecule has 7 heteroatoms. The van der Waals surface area contributed by atoms with E-state index in [0.717, 1.165) is 9.99 Å². The van der Waals surface area contributed by atoms with Gasteiger partial charge in [0.2, 0.25) is 0 Å². The number of sulfonamides is 1. The number of aryl methyl sites for hydroxylation is 1. The van der Waals surface area contributed by atoms with Crippen LogP contribution < -0.4 is 4.72 Å². The summed E-state index contributed by atoms with van der Waals surface area (Å²) in [5.41, 5.74) is 1.12. The minimum absolute atomic E-state index is 0.166. The Morgan fingerprint density at radius 3 is 2.71 bits per heavy atom. The van der Waals surface area contributed by atoms with Crippen molar-refractivity contribution >= 4 is 38.3 Å². The number of benzene rings is 1. The molecular formula is C14H17IN2O3S. The van der Waals surface area contributed by atoms with Gasteiger partial charge in [0, 0.05) is 27.7 Å². The van der Waals surface area contributed by atoms with Gasteiger partial charge in [0.05, 0.1) is 6.61 Å². The molecule has 1 heterocycles. The number of anilines is 1. The van der Waals surface area contributed by atoms with Crippen molar-refractivity contribution in [2.24, 2.45) is 0 Å². The van der Waals surface area contributed by atoms with Crippen LogP contribution in [0.15, 0.2) is 41.4 Å². The van der Waals surface area contributed by atoms with Crippen LogP contribution >= 0.6 is 22.6 Å². The lowest BCUT2D eigenvalue weighted by Crippen LogP contribution is -2.12. The summed E-state index contributed by atoms with van der Waals surface area (Å²) in [5.74, 6) is 0. The van der Waals surface area contributed by atoms with Crippen molar-refractivity contribution in [3.05, 3.63) is 45.8 Å². The highest BCUT2D eigenvalue weighted by Gasteiger charge is 2.18. The third-order valence-corrected chi connectivity index (χ3v) is 4.99. The maximum atomic E-state index is 12.4. The first-order chi connectivity index (χ1) is 9.96. The highest BCUT2D eigenvalue weighted by atomic mass is 127. The lowest BCUT2D eigenvalue weighted by molar-refractivity contribution is 0.270. The Morgan fingerprint density at radius 2 is 2.10 bits per heavy atom. The normalized spacial score (nSPS) is 11.6. The van der Waals surface area contributed by atoms with Crippen molar-refractivity contribution in [3.63, 3.8) is 0 Å². The second-order valence-corrected chi connectivity index (χ2v) is 7.56. The zero-order valence-corrected chi connectivity index (χ0v) is 14.6. The third kappa shape index (κ3) is 3.98. The molecule has 0 saturated carbocycles. The van der Waals surface area contributed by atoms with Crippen molar-refractivity contribution in [2.75, 3.05) is 4.72 Å². The summed E-state index contributed by atoms with van der Waals surface area (Å²) < 4.78 is 30.1. The van der Waals surface area contributed by atoms with E-state index >= 15 is 0 Å². The Morgan fingerprint density at radius 1 is 1.33 bits per heavy atom. The van der Waals surface area contributed by atoms with Crippen LogP contribution in [0.25, 0.3) is 0 Å². The van der Waals surface area contributed by atoms with Gasteiger partial charge in [-0.1, -0.05) is 13.0 Å². The SMILES string of the molecule is CCCn1cc(S(=O)(=O)Nc2cccc(I)c2)cc1CO. The van der Waals surface area contributed by atoms with E-state index < -0.39 is 10.0 Å². The Labute approximate surface area is 138 Å². The van der Waals surface area contributed by atoms with E-state index in [2.05, 4.69) is 27.3 Å². The second-order valence-electron chi connectivity index (χ2n) is 4.63. The summed E-state index contributed by atoms with van der Waals surface area (Å²) in [6.45, 7) is 2.49. The summed E-state index contributed by atoms with van der Waals surface area (Å²) in [6, 6.07) is 8.65. The van der Waals surface area contributed by atoms with Crippen LogP contribution in [0.2, 0.25) is 0 Å². The van der Waals surface area contributed by atoms with E-state index in [1.54, 1.807) is 29.0 Å². The maximum absolute atomic E-state index is 12.4. The summed E-state index contributed by atoms with van der Waals surface area (Å²) in [7, 11) is -3.65. The zero-order valence-electron chi connectivity index (χ0n) is 11.6. The average Bonchev–Trinajstić information content (AvgIpc) is 2.83. The molecule has 0 aliphatic rings. The molecular weight excluding hydrogens is 403 g/mol. The van der Waals surface area contributed by atoms with Gasteiger partial charge in [-0.25, -0.2) is 8.42 Å². The monoisotopic (exact) mass is 420 g/mol. The van der Waals surface area contributed by atoms with E-state index in [1.165, 1.54) is 6.07 Å². The number of halogens is 1. The molecule has 0 atom stereocenters. The highest BCUT2D eigenvalue weighted by molar-refractivity contribution is 14.1. The molecule has 2 aromatic rings. The summed E-state index contributed by atoms with van der Waals surface area (Å²) in [5, 5.41) is 9.31. The number of hydrogen-bond donors (Lipinski definition) is 2. The molecule has 0 radical (unpaired) electrons. The fraction of sp³-hybridized carbons (Fsp3) is 0.286. The molecule has 0 saturated heterocycles. The van der Waals surface area contributed by atoms with Gasteiger partial charge in [-0.05, 0) is 53.3 Å². The van der Waals surface area contributed by atoms with E-state index in [4.69, 9.17) is 0 Å². The van der Waals surface area contributed by atoms with Crippen molar-refractivity contribution in [2.45, 2.75) is 31.4 Å². The highest BCUT2D eigenvalue weighted by Crippen LogP contribution is 2.20. The van der Waals surface area contributed by atoms with Crippen molar-refractivity contribution in [1.29, 1.82) is 0 Å². The van der Waals surface area contributed by atoms with Crippen LogP contribution in [0.4, 0.5) is 5.69 Å². The van der Waals surface area contributed by atoms with Gasteiger partial charge < -0.3 is 9.67 Å². The quantitative estimate of drug-likeness (QED) is 0.707. The maximum Gasteiger partial charge on any atom is 0.263 e. The molecule has 114 valence electrons. The largest absolute Gasteiger partial charge is 0.390 e. The molecule has 1 aromatic heterocycles. The van der Waals surface area contributed by atoms with Crippen LogP contribution in [-0.2, 0) is 23.2 Å². The average molecular weight is 420 g/mol. The molecule has 0 aliphatic carbocycles. The van der Waals surface area contributed by atoms with Crippen molar-refractivity contribution < 1.29 is 13.5 Å². The van der Waals surface area contributed by atoms with Crippen LogP contribution in [0, 0.1) is 3.57 Å². The van der Waals surface area contributed by atoms with Crippen LogP contribution in [-0.4, -0.2) is 18.1 Å². The first-order valence-corrected chi connectivity index (χ1v) is 9.10. The summed E-state index contributed by atoms with van der Waals surface area (Å²) >= 11 is 2.13. The lowest BCUT2D eigenvalue weighted by Gasteiger charge is -2.06. The molecule has 0 fully saturated rings. The Kier molecular flexibility index (Phi) is 5.28. The van der Waals surface area contributed by atoms with Crippen LogP contribution in [0.1, 0.15) is 19.0 Å². The van der Waals surface area contributed by atoms with Gasteiger partial charge in [0.25, 0.3) is 10.0 Å². The molecule has 0 amide bonds. The number of hydrogen-bond acceptors (Lipinski definition) is 3. The number of aliphatic hydroxyl groups excluding tert-OH is 1. The molecule has 0 spiro atoms. The number of aromatic nitrogens is 1. The molecule has 0 bridgehead atoms. The summed E-state index contributed by atoms with van der Waals surface area (Å²) in [6.07, 6.45) is 2.43. The Bertz CT molecular complexity index is 726. The number of aliphatic hydroxyl groups is 1. The minimum atomic E-state index is -3.65. The first kappa shape index (κ1) is 16.3. The smallest absolute Gasteiger partial charge is 0.263 e. The summed E-state index contributed by atoms with van der Waals surface area (Å²) in [4.78, 5) is 0.166. The molecule has 0 unspecified atom stereocenters. The van der Waals surface area contributed by atoms with Gasteiger partial charge in [-0.3, -0.25) is 4.72 Å². The Hall–Kier alpha value is -1.06. The fourth-order valence-electron chi connectivity index (χ4n) is 2.02. The first-order valence-electron chi connectivity index (χ1n) is 6.54. The number of nitrogens with one attached hydrogen (secondary N) is 1. The zero-order chi connectivity index (χ0) is 15.5. The van der Waals surface area contributed by atoms with E-state index in [-0.39, 0.29) is 11.5 Å². The second kappa shape index (κ2) is 6.80. The standard InChI is InChI=1S/C14H17IN2O3S/c1-2-6-17-9-14(8-13(17)10-18)21(19,20)16-12-5-3-4-11(15)7-12/h3-5,7-9,16,18H,2,6,10H2,1H3. The molecule has 0 aliphatic heterocycles. The number of nitrogens with zero attached hydrogens (tertiary/aromatic N) is 1. The lowest BCUT2D eigenvalue weighted by atomic mass is 10.3. The molecule has 1 aromatic carbocycles. The molecule has 2 N–H and O–H groups in total. The van der Waals surface area contributed by atoms with E-state index in [0.29, 0.717) is 17.9 Å². The predicted octanol–water partition coefficient (Wildman–Crippen LogP) is 2.80. The van der Waals surface area contributed by atoms with Gasteiger partial charge in [0.1, 0.15) is 4.90 Å². The van der Waals surface area contributed by atoms with Crippen LogP contribution in [0.5, 0.6) is 0 Å². The van der Waals surface area contributed by atoms with Crippen molar-refractivity contribution in [3.8, 4) is 0 Å². The fourth-order valence-corrected chi connectivity index (χ4v) is 3.67. The molecule has 2 rings (SSSR count). The molecule has 21 heavy (non-hydrogen) atoms. The molecule has 5 nitrogen and oxygen atoms in total. The van der Waals surface area contributed by atoms with Gasteiger partial charge in [0.15, 0.2) is 0 Å². The minimum Gasteiger partial charge on any atom is -0.390 e. The Balaban J connectivity index is 2.31.